The molecule has 1 atom stereocenters. The van der Waals surface area contributed by atoms with Gasteiger partial charge in [-0.2, -0.15) is 13.2 Å². The van der Waals surface area contributed by atoms with E-state index in [9.17, 15) is 27.5 Å². The number of amides is 1. The Morgan fingerprint density at radius 2 is 1.92 bits per heavy atom. The van der Waals surface area contributed by atoms with Crippen LogP contribution in [0.1, 0.15) is 28.8 Å². The minimum Gasteiger partial charge on any atom is -0.506 e. The first-order valence-corrected chi connectivity index (χ1v) is 10.5. The number of fused-ring (bicyclic) bond motifs is 1. The van der Waals surface area contributed by atoms with Gasteiger partial charge in [-0.1, -0.05) is 12.1 Å². The molecule has 8 nitrogen and oxygen atoms in total. The van der Waals surface area contributed by atoms with Crippen molar-refractivity contribution in [2.24, 2.45) is 5.73 Å². The van der Waals surface area contributed by atoms with Crippen molar-refractivity contribution in [2.45, 2.75) is 25.7 Å². The van der Waals surface area contributed by atoms with Crippen LogP contribution in [0.5, 0.6) is 5.75 Å². The maximum atomic E-state index is 12.8. The number of nitrogens with two attached hydrogens (primary N) is 1. The number of hydrogen-bond acceptors (Lipinski definition) is 7. The highest BCUT2D eigenvalue weighted by Crippen LogP contribution is 2.36. The molecule has 2 heterocycles. The number of nitrogens with zero attached hydrogens (tertiary/aromatic N) is 2. The molecule has 4 aromatic rings. The fourth-order valence-electron chi connectivity index (χ4n) is 3.30. The van der Waals surface area contributed by atoms with Crippen LogP contribution in [0.2, 0.25) is 0 Å². The first-order chi connectivity index (χ1) is 17.0. The molecule has 0 fully saturated rings. The molecule has 0 aliphatic carbocycles. The van der Waals surface area contributed by atoms with Crippen LogP contribution >= 0.6 is 0 Å². The second kappa shape index (κ2) is 11.1. The fourth-order valence-corrected chi connectivity index (χ4v) is 3.30. The van der Waals surface area contributed by atoms with Crippen LogP contribution in [0.15, 0.2) is 52.9 Å². The topological polar surface area (TPSA) is 134 Å². The normalized spacial score (nSPS) is 12.1. The summed E-state index contributed by atoms with van der Waals surface area (Å²) in [7, 11) is 0. The van der Waals surface area contributed by atoms with E-state index in [0.29, 0.717) is 24.2 Å². The van der Waals surface area contributed by atoms with Crippen molar-refractivity contribution in [3.8, 4) is 17.2 Å². The van der Waals surface area contributed by atoms with Gasteiger partial charge in [-0.3, -0.25) is 4.79 Å². The maximum Gasteiger partial charge on any atom is 0.433 e. The molecule has 36 heavy (non-hydrogen) atoms. The molecule has 2 aromatic heterocycles. The summed E-state index contributed by atoms with van der Waals surface area (Å²) >= 11 is 0. The van der Waals surface area contributed by atoms with Gasteiger partial charge in [0.05, 0.1) is 18.3 Å². The number of pyridine rings is 1. The van der Waals surface area contributed by atoms with Crippen molar-refractivity contribution in [1.82, 2.24) is 15.3 Å². The molecule has 1 amide bonds. The van der Waals surface area contributed by atoms with E-state index >= 15 is 0 Å². The smallest absolute Gasteiger partial charge is 0.433 e. The van der Waals surface area contributed by atoms with Crippen LogP contribution < -0.4 is 11.1 Å². The molecule has 0 saturated carbocycles. The Kier molecular flexibility index (Phi) is 8.22. The number of benzene rings is 2. The van der Waals surface area contributed by atoms with Gasteiger partial charge in [0.25, 0.3) is 0 Å². The molecule has 0 aliphatic rings. The Hall–Kier alpha value is -4.03. The van der Waals surface area contributed by atoms with Gasteiger partial charge in [0.15, 0.2) is 0 Å². The largest absolute Gasteiger partial charge is 0.506 e. The molecule has 4 rings (SSSR count). The molecule has 190 valence electrons. The lowest BCUT2D eigenvalue weighted by Gasteiger charge is -2.09. The lowest BCUT2D eigenvalue weighted by Crippen LogP contribution is -2.14. The number of carbonyl (C=O) groups excluding carboxylic acids is 1. The number of alkyl halides is 3. The van der Waals surface area contributed by atoms with E-state index in [-0.39, 0.29) is 40.7 Å². The highest BCUT2D eigenvalue weighted by Gasteiger charge is 2.33. The third-order valence-corrected chi connectivity index (χ3v) is 5.00. The molecule has 0 aliphatic heterocycles. The highest BCUT2D eigenvalue weighted by atomic mass is 19.4. The molecule has 0 radical (unpaired) electrons. The van der Waals surface area contributed by atoms with E-state index in [1.165, 1.54) is 30.3 Å². The summed E-state index contributed by atoms with van der Waals surface area (Å²) in [6, 6.07) is 10.0. The maximum absolute atomic E-state index is 12.8. The van der Waals surface area contributed by atoms with Gasteiger partial charge in [0.1, 0.15) is 28.5 Å². The van der Waals surface area contributed by atoms with Crippen LogP contribution in [0.3, 0.4) is 0 Å². The number of phenols is 1. The first kappa shape index (κ1) is 26.6. The number of aromatic nitrogens is 2. The van der Waals surface area contributed by atoms with E-state index in [4.69, 9.17) is 15.3 Å². The monoisotopic (exact) mass is 506 g/mol. The van der Waals surface area contributed by atoms with Gasteiger partial charge in [-0.15, -0.1) is 0 Å². The number of nitrogens with one attached hydrogen (secondary N) is 1. The van der Waals surface area contributed by atoms with Crippen molar-refractivity contribution in [3.05, 3.63) is 77.1 Å². The number of carbonyl (C=O) groups is 1. The number of aliphatic hydroxyl groups excluding tert-OH is 1. The number of aliphatic hydroxyl groups is 1. The third-order valence-electron chi connectivity index (χ3n) is 5.00. The zero-order valence-electron chi connectivity index (χ0n) is 18.9. The predicted molar refractivity (Wildman–Crippen MR) is 122 cm³/mol. The molecule has 0 saturated heterocycles. The number of hydrogen-bond donors (Lipinski definition) is 4. The molecule has 0 spiro atoms. The number of aromatic hydroxyl groups is 1. The minimum absolute atomic E-state index is 0.114. The van der Waals surface area contributed by atoms with Gasteiger partial charge < -0.3 is 25.7 Å². The van der Waals surface area contributed by atoms with Gasteiger partial charge in [0, 0.05) is 17.5 Å². The Morgan fingerprint density at radius 3 is 2.56 bits per heavy atom. The van der Waals surface area contributed by atoms with Crippen molar-refractivity contribution in [2.75, 3.05) is 6.61 Å². The summed E-state index contributed by atoms with van der Waals surface area (Å²) in [5.74, 6) is -0.280. The highest BCUT2D eigenvalue weighted by molar-refractivity contribution is 5.96. The van der Waals surface area contributed by atoms with Crippen molar-refractivity contribution >= 4 is 17.3 Å². The Bertz CT molecular complexity index is 1360. The van der Waals surface area contributed by atoms with Crippen LogP contribution in [0.4, 0.5) is 17.6 Å². The quantitative estimate of drug-likeness (QED) is 0.230. The van der Waals surface area contributed by atoms with Crippen LogP contribution in [0, 0.1) is 12.7 Å². The average molecular weight is 506 g/mol. The number of oxazole rings is 1. The van der Waals surface area contributed by atoms with E-state index in [2.05, 4.69) is 15.3 Å². The molecule has 5 N–H and O–H groups in total. The average Bonchev–Trinajstić information content (AvgIpc) is 3.23. The van der Waals surface area contributed by atoms with Gasteiger partial charge in [-0.25, -0.2) is 14.4 Å². The van der Waals surface area contributed by atoms with E-state index in [1.54, 1.807) is 19.1 Å². The summed E-state index contributed by atoms with van der Waals surface area (Å²) in [4.78, 5) is 17.6. The number of aryl methyl sites for hydroxylation is 1. The van der Waals surface area contributed by atoms with Crippen molar-refractivity contribution in [3.63, 3.8) is 0 Å². The SMILES string of the molecule is Cc1nc(-c2ccc(O)c3nc(C(F)(F)F)ccc23)oc1[C@@H](N)CO.O=CNCc1cccc(F)c1. The summed E-state index contributed by atoms with van der Waals surface area (Å²) in [5.41, 5.74) is 5.98. The van der Waals surface area contributed by atoms with E-state index < -0.39 is 17.9 Å². The summed E-state index contributed by atoms with van der Waals surface area (Å²) in [6.45, 7) is 1.67. The molecule has 0 unspecified atom stereocenters. The first-order valence-electron chi connectivity index (χ1n) is 10.5. The Balaban J connectivity index is 0.000000275. The summed E-state index contributed by atoms with van der Waals surface area (Å²) < 4.78 is 56.6. The Morgan fingerprint density at radius 1 is 1.17 bits per heavy atom. The Labute approximate surface area is 202 Å². The van der Waals surface area contributed by atoms with Gasteiger partial charge in [0.2, 0.25) is 12.3 Å². The van der Waals surface area contributed by atoms with Gasteiger partial charge in [-0.05, 0) is 48.9 Å². The summed E-state index contributed by atoms with van der Waals surface area (Å²) in [6.07, 6.45) is -4.04. The molecular formula is C24H22F4N4O4. The van der Waals surface area contributed by atoms with Crippen molar-refractivity contribution in [1.29, 1.82) is 0 Å². The molecule has 0 bridgehead atoms. The summed E-state index contributed by atoms with van der Waals surface area (Å²) in [5, 5.41) is 21.7. The lowest BCUT2D eigenvalue weighted by atomic mass is 10.1. The van der Waals surface area contributed by atoms with E-state index in [0.717, 1.165) is 11.6 Å². The van der Waals surface area contributed by atoms with Gasteiger partial charge >= 0.3 is 6.18 Å². The molecule has 12 heteroatoms. The molecular weight excluding hydrogens is 484 g/mol. The number of halogens is 4. The van der Waals surface area contributed by atoms with Crippen molar-refractivity contribution < 1.29 is 37.0 Å². The van der Waals surface area contributed by atoms with Crippen LogP contribution in [-0.2, 0) is 17.5 Å². The minimum atomic E-state index is -4.63. The fraction of sp³-hybridized carbons (Fsp3) is 0.208. The number of rotatable bonds is 6. The second-order valence-electron chi connectivity index (χ2n) is 7.61. The zero-order valence-corrected chi connectivity index (χ0v) is 18.9. The van der Waals surface area contributed by atoms with Crippen LogP contribution in [-0.4, -0.2) is 33.2 Å². The number of phenolic OH excluding ortho intramolecular Hbond substituents is 1. The van der Waals surface area contributed by atoms with Crippen LogP contribution in [0.25, 0.3) is 22.4 Å². The standard InChI is InChI=1S/C16H14F3N3O3.C8H8FNO/c1-7-14(10(20)6-23)25-15(21-7)9-2-4-11(24)13-8(9)3-5-12(22-13)16(17,18)19;9-8-3-1-2-7(4-8)5-10-6-11/h2-5,10,23-24H,6,20H2,1H3;1-4,6H,5H2,(H,10,11)/t10-;/m0./s1. The predicted octanol–water partition coefficient (Wildman–Crippen LogP) is 3.99. The molecule has 2 aromatic carbocycles. The second-order valence-corrected chi connectivity index (χ2v) is 7.61. The lowest BCUT2D eigenvalue weighted by molar-refractivity contribution is -0.141. The van der Waals surface area contributed by atoms with E-state index in [1.807, 2.05) is 0 Å². The third kappa shape index (κ3) is 6.15. The zero-order chi connectivity index (χ0) is 26.5.